The fraction of sp³-hybridized carbons (Fsp3) is 0.600. The van der Waals surface area contributed by atoms with Crippen LogP contribution >= 0.6 is 0 Å². The van der Waals surface area contributed by atoms with Gasteiger partial charge in [0, 0.05) is 25.2 Å². The molecule has 104 valence electrons. The zero-order valence-corrected chi connectivity index (χ0v) is 11.7. The van der Waals surface area contributed by atoms with E-state index in [1.807, 2.05) is 12.1 Å². The predicted octanol–water partition coefficient (Wildman–Crippen LogP) is 2.21. The molecule has 2 aliphatic heterocycles. The van der Waals surface area contributed by atoms with Crippen molar-refractivity contribution in [1.29, 1.82) is 0 Å². The molecular formula is C15H22N2O2. The third-order valence-electron chi connectivity index (χ3n) is 4.38. The zero-order valence-electron chi connectivity index (χ0n) is 11.7. The van der Waals surface area contributed by atoms with Crippen LogP contribution in [0.5, 0.6) is 11.5 Å². The smallest absolute Gasteiger partial charge is 0.145 e. The van der Waals surface area contributed by atoms with Gasteiger partial charge < -0.3 is 19.7 Å². The van der Waals surface area contributed by atoms with Gasteiger partial charge in [-0.3, -0.25) is 0 Å². The van der Waals surface area contributed by atoms with Gasteiger partial charge in [0.2, 0.25) is 0 Å². The summed E-state index contributed by atoms with van der Waals surface area (Å²) in [5.41, 5.74) is 1.08. The molecule has 4 nitrogen and oxygen atoms in total. The fourth-order valence-corrected chi connectivity index (χ4v) is 3.26. The van der Waals surface area contributed by atoms with E-state index < -0.39 is 0 Å². The lowest BCUT2D eigenvalue weighted by molar-refractivity contribution is 0.254. The highest BCUT2D eigenvalue weighted by molar-refractivity contribution is 5.59. The Bertz CT molecular complexity index is 450. The maximum absolute atomic E-state index is 5.46. The molecule has 3 atom stereocenters. The van der Waals surface area contributed by atoms with E-state index in [1.165, 1.54) is 32.5 Å². The quantitative estimate of drug-likeness (QED) is 0.902. The third kappa shape index (κ3) is 2.50. The lowest BCUT2D eigenvalue weighted by atomic mass is 9.94. The highest BCUT2D eigenvalue weighted by Crippen LogP contribution is 2.34. The first-order valence-electron chi connectivity index (χ1n) is 7.01. The first kappa shape index (κ1) is 12.6. The van der Waals surface area contributed by atoms with Gasteiger partial charge in [-0.2, -0.15) is 0 Å². The summed E-state index contributed by atoms with van der Waals surface area (Å²) in [6, 6.07) is 6.54. The highest BCUT2D eigenvalue weighted by atomic mass is 16.5. The van der Waals surface area contributed by atoms with Crippen LogP contribution in [0.15, 0.2) is 18.2 Å². The largest absolute Gasteiger partial charge is 0.497 e. The fourth-order valence-electron chi connectivity index (χ4n) is 3.26. The molecular weight excluding hydrogens is 240 g/mol. The Morgan fingerprint density at radius 1 is 1.16 bits per heavy atom. The van der Waals surface area contributed by atoms with Crippen LogP contribution in [0.25, 0.3) is 0 Å². The van der Waals surface area contributed by atoms with Crippen molar-refractivity contribution >= 4 is 5.69 Å². The minimum atomic E-state index is 0.570. The van der Waals surface area contributed by atoms with Crippen LogP contribution < -0.4 is 14.8 Å². The van der Waals surface area contributed by atoms with E-state index in [9.17, 15) is 0 Å². The summed E-state index contributed by atoms with van der Waals surface area (Å²) in [6.07, 6.45) is 2.54. The van der Waals surface area contributed by atoms with E-state index in [-0.39, 0.29) is 0 Å². The minimum absolute atomic E-state index is 0.570. The van der Waals surface area contributed by atoms with E-state index in [2.05, 4.69) is 16.3 Å². The number of piperidine rings is 1. The number of hydrogen-bond acceptors (Lipinski definition) is 4. The van der Waals surface area contributed by atoms with Crippen LogP contribution in [0, 0.1) is 5.92 Å². The van der Waals surface area contributed by atoms with Crippen molar-refractivity contribution in [2.45, 2.75) is 18.9 Å². The molecule has 0 radical (unpaired) electrons. The summed E-state index contributed by atoms with van der Waals surface area (Å²) in [4.78, 5) is 2.56. The second-order valence-corrected chi connectivity index (χ2v) is 5.46. The summed E-state index contributed by atoms with van der Waals surface area (Å²) >= 11 is 0. The number of anilines is 1. The van der Waals surface area contributed by atoms with Gasteiger partial charge in [-0.15, -0.1) is 0 Å². The summed E-state index contributed by atoms with van der Waals surface area (Å²) < 4.78 is 10.7. The van der Waals surface area contributed by atoms with Crippen molar-refractivity contribution in [1.82, 2.24) is 4.90 Å². The molecule has 0 spiro atoms. The molecule has 3 rings (SSSR count). The van der Waals surface area contributed by atoms with Crippen molar-refractivity contribution in [2.75, 3.05) is 39.2 Å². The third-order valence-corrected chi connectivity index (χ3v) is 4.38. The molecule has 2 saturated heterocycles. The zero-order chi connectivity index (χ0) is 13.2. The van der Waals surface area contributed by atoms with Gasteiger partial charge in [-0.25, -0.2) is 0 Å². The number of nitrogens with zero attached hydrogens (tertiary/aromatic N) is 1. The second-order valence-electron chi connectivity index (χ2n) is 5.46. The van der Waals surface area contributed by atoms with Gasteiger partial charge in [0.05, 0.1) is 19.9 Å². The van der Waals surface area contributed by atoms with Gasteiger partial charge in [0.15, 0.2) is 0 Å². The van der Waals surface area contributed by atoms with E-state index >= 15 is 0 Å². The number of methoxy groups -OCH3 is 2. The van der Waals surface area contributed by atoms with Crippen molar-refractivity contribution in [3.8, 4) is 11.5 Å². The van der Waals surface area contributed by atoms with Crippen LogP contribution in [0.1, 0.15) is 12.8 Å². The monoisotopic (exact) mass is 262 g/mol. The molecule has 0 saturated carbocycles. The average molecular weight is 262 g/mol. The SMILES string of the molecule is COc1ccc(NC2CCN3CCC2C3)c(OC)c1. The normalized spacial score (nSPS) is 29.1. The standard InChI is InChI=1S/C15H22N2O2/c1-18-12-3-4-14(15(9-12)19-2)16-13-6-8-17-7-5-11(13)10-17/h3-4,9,11,13,16H,5-8,10H2,1-2H3. The van der Waals surface area contributed by atoms with Gasteiger partial charge >= 0.3 is 0 Å². The molecule has 1 aromatic carbocycles. The molecule has 0 aromatic heterocycles. The number of benzene rings is 1. The lowest BCUT2D eigenvalue weighted by Gasteiger charge is -2.32. The molecule has 1 aromatic rings. The maximum Gasteiger partial charge on any atom is 0.145 e. The Hall–Kier alpha value is -1.42. The van der Waals surface area contributed by atoms with Crippen LogP contribution in [-0.2, 0) is 0 Å². The van der Waals surface area contributed by atoms with E-state index in [0.717, 1.165) is 23.1 Å². The molecule has 2 bridgehead atoms. The van der Waals surface area contributed by atoms with Crippen LogP contribution in [0.2, 0.25) is 0 Å². The van der Waals surface area contributed by atoms with E-state index in [4.69, 9.17) is 9.47 Å². The summed E-state index contributed by atoms with van der Waals surface area (Å²) in [5.74, 6) is 2.47. The molecule has 1 N–H and O–H groups in total. The van der Waals surface area contributed by atoms with Crippen molar-refractivity contribution in [3.63, 3.8) is 0 Å². The van der Waals surface area contributed by atoms with Crippen LogP contribution in [-0.4, -0.2) is 44.8 Å². The molecule has 2 aliphatic rings. The first-order chi connectivity index (χ1) is 9.30. The van der Waals surface area contributed by atoms with Gasteiger partial charge in [-0.05, 0) is 37.4 Å². The first-order valence-corrected chi connectivity index (χ1v) is 7.01. The number of fused-ring (bicyclic) bond motifs is 2. The van der Waals surface area contributed by atoms with Crippen molar-refractivity contribution in [3.05, 3.63) is 18.2 Å². The number of nitrogens with one attached hydrogen (secondary N) is 1. The van der Waals surface area contributed by atoms with Crippen LogP contribution in [0.3, 0.4) is 0 Å². The molecule has 0 amide bonds. The molecule has 2 fully saturated rings. The van der Waals surface area contributed by atoms with Crippen molar-refractivity contribution < 1.29 is 9.47 Å². The number of ether oxygens (including phenoxy) is 2. The van der Waals surface area contributed by atoms with Crippen molar-refractivity contribution in [2.24, 2.45) is 5.92 Å². The highest BCUT2D eigenvalue weighted by Gasteiger charge is 2.34. The molecule has 3 unspecified atom stereocenters. The predicted molar refractivity (Wildman–Crippen MR) is 76.1 cm³/mol. The van der Waals surface area contributed by atoms with Crippen LogP contribution in [0.4, 0.5) is 5.69 Å². The Labute approximate surface area is 114 Å². The second kappa shape index (κ2) is 5.29. The Balaban J connectivity index is 1.75. The number of hydrogen-bond donors (Lipinski definition) is 1. The van der Waals surface area contributed by atoms with Gasteiger partial charge in [0.25, 0.3) is 0 Å². The summed E-state index contributed by atoms with van der Waals surface area (Å²) in [7, 11) is 3.38. The molecule has 2 heterocycles. The Morgan fingerprint density at radius 3 is 2.79 bits per heavy atom. The Kier molecular flexibility index (Phi) is 3.51. The molecule has 19 heavy (non-hydrogen) atoms. The van der Waals surface area contributed by atoms with E-state index in [1.54, 1.807) is 14.2 Å². The maximum atomic E-state index is 5.46. The Morgan fingerprint density at radius 2 is 2.00 bits per heavy atom. The average Bonchev–Trinajstić information content (AvgIpc) is 2.85. The molecule has 4 heteroatoms. The lowest BCUT2D eigenvalue weighted by Crippen LogP contribution is -2.39. The topological polar surface area (TPSA) is 33.7 Å². The van der Waals surface area contributed by atoms with Gasteiger partial charge in [-0.1, -0.05) is 0 Å². The van der Waals surface area contributed by atoms with Gasteiger partial charge in [0.1, 0.15) is 11.5 Å². The van der Waals surface area contributed by atoms with E-state index in [0.29, 0.717) is 6.04 Å². The summed E-state index contributed by atoms with van der Waals surface area (Å²) in [5, 5.41) is 3.67. The molecule has 0 aliphatic carbocycles. The number of rotatable bonds is 4. The summed E-state index contributed by atoms with van der Waals surface area (Å²) in [6.45, 7) is 3.73. The minimum Gasteiger partial charge on any atom is -0.497 e.